The molecule has 0 N–H and O–H groups in total. The van der Waals surface area contributed by atoms with Gasteiger partial charge in [0, 0.05) is 6.42 Å². The number of rotatable bonds is 4. The number of hydrogen-bond acceptors (Lipinski definition) is 6. The second-order valence-electron chi connectivity index (χ2n) is 4.17. The third-order valence-corrected chi connectivity index (χ3v) is 3.62. The van der Waals surface area contributed by atoms with E-state index in [2.05, 4.69) is 22.0 Å². The third kappa shape index (κ3) is 2.28. The maximum atomic E-state index is 12.2. The molecule has 0 unspecified atom stereocenters. The van der Waals surface area contributed by atoms with Gasteiger partial charge in [-0.2, -0.15) is 4.98 Å². The van der Waals surface area contributed by atoms with Gasteiger partial charge in [0.15, 0.2) is 5.82 Å². The van der Waals surface area contributed by atoms with E-state index in [0.717, 1.165) is 18.4 Å². The van der Waals surface area contributed by atoms with Gasteiger partial charge >= 0.3 is 0 Å². The van der Waals surface area contributed by atoms with Crippen molar-refractivity contribution in [2.75, 3.05) is 0 Å². The average Bonchev–Trinajstić information content (AvgIpc) is 3.03. The highest BCUT2D eigenvalue weighted by molar-refractivity contribution is 7.17. The van der Waals surface area contributed by atoms with Crippen LogP contribution in [-0.4, -0.2) is 19.7 Å². The zero-order valence-corrected chi connectivity index (χ0v) is 11.2. The molecule has 3 aromatic rings. The summed E-state index contributed by atoms with van der Waals surface area (Å²) in [7, 11) is 0. The summed E-state index contributed by atoms with van der Waals surface area (Å²) in [6, 6.07) is 1.83. The lowest BCUT2D eigenvalue weighted by Crippen LogP contribution is -2.20. The van der Waals surface area contributed by atoms with E-state index in [1.54, 1.807) is 0 Å². The zero-order valence-electron chi connectivity index (χ0n) is 10.4. The molecule has 0 bridgehead atoms. The van der Waals surface area contributed by atoms with Gasteiger partial charge in [-0.3, -0.25) is 9.36 Å². The fraction of sp³-hybridized carbons (Fsp3) is 0.333. The van der Waals surface area contributed by atoms with E-state index in [0.29, 0.717) is 16.4 Å². The molecule has 0 aliphatic heterocycles. The van der Waals surface area contributed by atoms with Gasteiger partial charge in [0.1, 0.15) is 11.2 Å². The summed E-state index contributed by atoms with van der Waals surface area (Å²) in [5.41, 5.74) is 0.652. The number of aromatic nitrogens is 4. The normalized spacial score (nSPS) is 11.2. The predicted molar refractivity (Wildman–Crippen MR) is 71.3 cm³/mol. The monoisotopic (exact) mass is 276 g/mol. The highest BCUT2D eigenvalue weighted by atomic mass is 32.1. The van der Waals surface area contributed by atoms with Crippen molar-refractivity contribution in [2.45, 2.75) is 26.3 Å². The molecule has 0 fully saturated rings. The molecular formula is C12H12N4O2S. The first-order valence-corrected chi connectivity index (χ1v) is 6.90. The van der Waals surface area contributed by atoms with E-state index in [1.165, 1.54) is 22.2 Å². The fourth-order valence-corrected chi connectivity index (χ4v) is 2.61. The van der Waals surface area contributed by atoms with E-state index in [9.17, 15) is 4.79 Å². The number of thiophene rings is 1. The molecule has 0 saturated heterocycles. The Balaban J connectivity index is 1.91. The molecule has 7 heteroatoms. The van der Waals surface area contributed by atoms with Crippen molar-refractivity contribution in [3.8, 4) is 0 Å². The maximum absolute atomic E-state index is 12.2. The van der Waals surface area contributed by atoms with Crippen molar-refractivity contribution in [1.29, 1.82) is 0 Å². The van der Waals surface area contributed by atoms with Gasteiger partial charge in [-0.25, -0.2) is 4.98 Å². The minimum Gasteiger partial charge on any atom is -0.337 e. The Bertz CT molecular complexity index is 758. The standard InChI is InChI=1S/C12H12N4O2S/c1-2-3-9-14-10(18-15-9)6-16-7-13-8-4-5-19-11(8)12(16)17/h4-5,7H,2-3,6H2,1H3. The van der Waals surface area contributed by atoms with Crippen LogP contribution in [0.25, 0.3) is 10.2 Å². The van der Waals surface area contributed by atoms with Gasteiger partial charge in [0.25, 0.3) is 5.56 Å². The van der Waals surface area contributed by atoms with Crippen LogP contribution in [0.1, 0.15) is 25.1 Å². The lowest BCUT2D eigenvalue weighted by molar-refractivity contribution is 0.364. The minimum atomic E-state index is -0.0739. The summed E-state index contributed by atoms with van der Waals surface area (Å²) in [6.07, 6.45) is 3.25. The second-order valence-corrected chi connectivity index (χ2v) is 5.08. The van der Waals surface area contributed by atoms with E-state index < -0.39 is 0 Å². The summed E-state index contributed by atoms with van der Waals surface area (Å²) in [6.45, 7) is 2.31. The molecule has 0 aliphatic carbocycles. The number of fused-ring (bicyclic) bond motifs is 1. The minimum absolute atomic E-state index is 0.0739. The van der Waals surface area contributed by atoms with Gasteiger partial charge in [-0.15, -0.1) is 11.3 Å². The Hall–Kier alpha value is -2.02. The Morgan fingerprint density at radius 3 is 3.21 bits per heavy atom. The average molecular weight is 276 g/mol. The van der Waals surface area contributed by atoms with Crippen molar-refractivity contribution in [3.05, 3.63) is 39.8 Å². The molecule has 0 radical (unpaired) electrons. The van der Waals surface area contributed by atoms with Crippen LogP contribution < -0.4 is 5.56 Å². The largest absolute Gasteiger partial charge is 0.337 e. The SMILES string of the molecule is CCCc1noc(Cn2cnc3ccsc3c2=O)n1. The summed E-state index contributed by atoms with van der Waals surface area (Å²) < 4.78 is 7.26. The zero-order chi connectivity index (χ0) is 13.2. The fourth-order valence-electron chi connectivity index (χ4n) is 1.82. The highest BCUT2D eigenvalue weighted by Crippen LogP contribution is 2.13. The molecule has 0 spiro atoms. The molecule has 0 amide bonds. The molecule has 0 aromatic carbocycles. The van der Waals surface area contributed by atoms with Crippen LogP contribution in [0.2, 0.25) is 0 Å². The molecule has 0 aliphatic rings. The van der Waals surface area contributed by atoms with Gasteiger partial charge < -0.3 is 4.52 Å². The first kappa shape index (κ1) is 12.0. The molecule has 3 heterocycles. The predicted octanol–water partition coefficient (Wildman–Crippen LogP) is 1.84. The summed E-state index contributed by atoms with van der Waals surface area (Å²) in [5.74, 6) is 1.11. The lowest BCUT2D eigenvalue weighted by Gasteiger charge is -2.00. The Morgan fingerprint density at radius 1 is 1.47 bits per heavy atom. The molecule has 0 saturated carbocycles. The van der Waals surface area contributed by atoms with E-state index in [1.807, 2.05) is 11.4 Å². The smallest absolute Gasteiger partial charge is 0.271 e. The highest BCUT2D eigenvalue weighted by Gasteiger charge is 2.10. The van der Waals surface area contributed by atoms with Crippen LogP contribution in [0.5, 0.6) is 0 Å². The van der Waals surface area contributed by atoms with Crippen molar-refractivity contribution in [2.24, 2.45) is 0 Å². The topological polar surface area (TPSA) is 73.8 Å². The maximum Gasteiger partial charge on any atom is 0.271 e. The summed E-state index contributed by atoms with van der Waals surface area (Å²) in [4.78, 5) is 20.6. The van der Waals surface area contributed by atoms with Crippen LogP contribution in [0, 0.1) is 0 Å². The van der Waals surface area contributed by atoms with Crippen LogP contribution in [0.4, 0.5) is 0 Å². The molecule has 19 heavy (non-hydrogen) atoms. The van der Waals surface area contributed by atoms with Crippen molar-refractivity contribution < 1.29 is 4.52 Å². The molecule has 0 atom stereocenters. The quantitative estimate of drug-likeness (QED) is 0.727. The van der Waals surface area contributed by atoms with Gasteiger partial charge in [-0.05, 0) is 17.9 Å². The Labute approximate surface area is 112 Å². The number of aryl methyl sites for hydroxylation is 1. The summed E-state index contributed by atoms with van der Waals surface area (Å²) >= 11 is 1.39. The van der Waals surface area contributed by atoms with Crippen molar-refractivity contribution in [1.82, 2.24) is 19.7 Å². The third-order valence-electron chi connectivity index (χ3n) is 2.73. The molecule has 98 valence electrons. The van der Waals surface area contributed by atoms with Crippen molar-refractivity contribution in [3.63, 3.8) is 0 Å². The van der Waals surface area contributed by atoms with Gasteiger partial charge in [-0.1, -0.05) is 12.1 Å². The second kappa shape index (κ2) is 4.93. The molecule has 3 aromatic heterocycles. The van der Waals surface area contributed by atoms with E-state index >= 15 is 0 Å². The van der Waals surface area contributed by atoms with Crippen LogP contribution in [0.15, 0.2) is 27.1 Å². The summed E-state index contributed by atoms with van der Waals surface area (Å²) in [5, 5.41) is 5.72. The Morgan fingerprint density at radius 2 is 2.37 bits per heavy atom. The van der Waals surface area contributed by atoms with Crippen LogP contribution >= 0.6 is 11.3 Å². The van der Waals surface area contributed by atoms with E-state index in [4.69, 9.17) is 4.52 Å². The van der Waals surface area contributed by atoms with Crippen molar-refractivity contribution >= 4 is 21.6 Å². The van der Waals surface area contributed by atoms with Gasteiger partial charge in [0.05, 0.1) is 11.8 Å². The molecule has 3 rings (SSSR count). The van der Waals surface area contributed by atoms with Gasteiger partial charge in [0.2, 0.25) is 5.89 Å². The van der Waals surface area contributed by atoms with Crippen LogP contribution in [0.3, 0.4) is 0 Å². The molecule has 6 nitrogen and oxygen atoms in total. The Kier molecular flexibility index (Phi) is 3.12. The first-order valence-electron chi connectivity index (χ1n) is 6.02. The number of nitrogens with zero attached hydrogens (tertiary/aromatic N) is 4. The van der Waals surface area contributed by atoms with E-state index in [-0.39, 0.29) is 12.1 Å². The van der Waals surface area contributed by atoms with Crippen LogP contribution in [-0.2, 0) is 13.0 Å². The molecular weight excluding hydrogens is 264 g/mol. The first-order chi connectivity index (χ1) is 9.28. The number of hydrogen-bond donors (Lipinski definition) is 0. The lowest BCUT2D eigenvalue weighted by atomic mass is 10.3.